The summed E-state index contributed by atoms with van der Waals surface area (Å²) in [6.07, 6.45) is 2.21. The Labute approximate surface area is 165 Å². The van der Waals surface area contributed by atoms with Crippen molar-refractivity contribution in [2.24, 2.45) is 0 Å². The largest absolute Gasteiger partial charge is 0.397 e. The Morgan fingerprint density at radius 2 is 1.67 bits per heavy atom. The maximum Gasteiger partial charge on any atom is 0.376 e. The molecule has 138 valence electrons. The number of hydrogen-bond acceptors (Lipinski definition) is 3. The van der Waals surface area contributed by atoms with Crippen LogP contribution >= 0.6 is 11.8 Å². The zero-order valence-corrected chi connectivity index (χ0v) is 16.7. The van der Waals surface area contributed by atoms with E-state index in [1.54, 1.807) is 0 Å². The topological polar surface area (TPSA) is 20.3 Å². The fourth-order valence-electron chi connectivity index (χ4n) is 3.54. The van der Waals surface area contributed by atoms with Gasteiger partial charge in [-0.25, -0.2) is 0 Å². The first-order valence-corrected chi connectivity index (χ1v) is 10.6. The molecule has 0 N–H and O–H groups in total. The Balaban J connectivity index is 1.91. The first-order valence-electron chi connectivity index (χ1n) is 9.58. The van der Waals surface area contributed by atoms with Crippen LogP contribution in [0.2, 0.25) is 0 Å². The van der Waals surface area contributed by atoms with Crippen LogP contribution in [-0.2, 0) is 6.54 Å². The number of rotatable bonds is 5. The van der Waals surface area contributed by atoms with Crippen LogP contribution in [0, 0.1) is 0 Å². The first kappa shape index (κ1) is 17.9. The van der Waals surface area contributed by atoms with E-state index in [0.717, 1.165) is 48.3 Å². The van der Waals surface area contributed by atoms with Crippen molar-refractivity contribution >= 4 is 17.8 Å². The SMILES string of the molecule is CCN1CCSC1=Cc1oc(-c2ccccc2)c(-c2ccccc2)[n+]1CC. The monoisotopic (exact) mass is 377 g/mol. The lowest BCUT2D eigenvalue weighted by Gasteiger charge is -2.14. The quantitative estimate of drug-likeness (QED) is 0.564. The minimum absolute atomic E-state index is 0.858. The van der Waals surface area contributed by atoms with E-state index in [-0.39, 0.29) is 0 Å². The van der Waals surface area contributed by atoms with Crippen LogP contribution in [0.3, 0.4) is 0 Å². The van der Waals surface area contributed by atoms with E-state index < -0.39 is 0 Å². The molecule has 3 nitrogen and oxygen atoms in total. The number of oxazole rings is 1. The van der Waals surface area contributed by atoms with Gasteiger partial charge in [0.2, 0.25) is 5.76 Å². The van der Waals surface area contributed by atoms with Gasteiger partial charge in [-0.15, -0.1) is 11.8 Å². The average Bonchev–Trinajstić information content (AvgIpc) is 3.33. The Morgan fingerprint density at radius 3 is 2.30 bits per heavy atom. The van der Waals surface area contributed by atoms with E-state index in [0.29, 0.717) is 0 Å². The second-order valence-corrected chi connectivity index (χ2v) is 7.62. The molecule has 0 radical (unpaired) electrons. The number of benzene rings is 2. The van der Waals surface area contributed by atoms with E-state index in [4.69, 9.17) is 4.42 Å². The summed E-state index contributed by atoms with van der Waals surface area (Å²) < 4.78 is 8.77. The summed E-state index contributed by atoms with van der Waals surface area (Å²) in [5, 5.41) is 1.30. The number of hydrogen-bond donors (Lipinski definition) is 0. The zero-order valence-electron chi connectivity index (χ0n) is 15.9. The smallest absolute Gasteiger partial charge is 0.376 e. The summed E-state index contributed by atoms with van der Waals surface area (Å²) in [5.41, 5.74) is 3.43. The highest BCUT2D eigenvalue weighted by atomic mass is 32.2. The van der Waals surface area contributed by atoms with Crippen molar-refractivity contribution in [2.75, 3.05) is 18.8 Å². The van der Waals surface area contributed by atoms with E-state index in [1.165, 1.54) is 10.6 Å². The Bertz CT molecular complexity index is 932. The Hall–Kier alpha value is -2.46. The molecular weight excluding hydrogens is 352 g/mol. The molecule has 0 aliphatic carbocycles. The van der Waals surface area contributed by atoms with Gasteiger partial charge in [-0.2, -0.15) is 4.57 Å². The predicted molar refractivity (Wildman–Crippen MR) is 113 cm³/mol. The van der Waals surface area contributed by atoms with Gasteiger partial charge in [0.25, 0.3) is 5.69 Å². The summed E-state index contributed by atoms with van der Waals surface area (Å²) in [5.74, 6) is 2.99. The number of nitrogens with zero attached hydrogens (tertiary/aromatic N) is 2. The molecule has 3 aromatic rings. The van der Waals surface area contributed by atoms with Crippen LogP contribution < -0.4 is 4.57 Å². The number of thioether (sulfide) groups is 1. The highest BCUT2D eigenvalue weighted by Crippen LogP contribution is 2.34. The molecule has 1 fully saturated rings. The molecule has 0 atom stereocenters. The molecule has 1 aliphatic heterocycles. The van der Waals surface area contributed by atoms with Crippen LogP contribution in [-0.4, -0.2) is 23.7 Å². The van der Waals surface area contributed by atoms with Gasteiger partial charge in [0, 0.05) is 24.4 Å². The molecule has 1 aromatic heterocycles. The molecule has 27 heavy (non-hydrogen) atoms. The number of aromatic nitrogens is 1. The van der Waals surface area contributed by atoms with Crippen molar-refractivity contribution in [1.29, 1.82) is 0 Å². The lowest BCUT2D eigenvalue weighted by molar-refractivity contribution is -0.687. The molecule has 0 unspecified atom stereocenters. The highest BCUT2D eigenvalue weighted by molar-refractivity contribution is 8.03. The van der Waals surface area contributed by atoms with Gasteiger partial charge in [-0.3, -0.25) is 0 Å². The Kier molecular flexibility index (Phi) is 5.35. The minimum atomic E-state index is 0.858. The van der Waals surface area contributed by atoms with Crippen LogP contribution in [0.25, 0.3) is 28.7 Å². The lowest BCUT2D eigenvalue weighted by Crippen LogP contribution is -2.36. The molecule has 2 heterocycles. The van der Waals surface area contributed by atoms with Crippen LogP contribution in [0.1, 0.15) is 19.7 Å². The fraction of sp³-hybridized carbons (Fsp3) is 0.261. The zero-order chi connectivity index (χ0) is 18.6. The molecule has 0 saturated carbocycles. The molecule has 1 saturated heterocycles. The molecule has 2 aromatic carbocycles. The van der Waals surface area contributed by atoms with Crippen molar-refractivity contribution in [3.8, 4) is 22.6 Å². The van der Waals surface area contributed by atoms with Gasteiger partial charge >= 0.3 is 5.89 Å². The molecule has 4 heteroatoms. The minimum Gasteiger partial charge on any atom is -0.397 e. The van der Waals surface area contributed by atoms with Crippen molar-refractivity contribution in [1.82, 2.24) is 4.90 Å². The van der Waals surface area contributed by atoms with E-state index in [9.17, 15) is 0 Å². The van der Waals surface area contributed by atoms with Gasteiger partial charge in [0.05, 0.1) is 16.7 Å². The van der Waals surface area contributed by atoms with Crippen LogP contribution in [0.15, 0.2) is 70.1 Å². The van der Waals surface area contributed by atoms with Gasteiger partial charge in [0.15, 0.2) is 0 Å². The molecule has 0 amide bonds. The molecule has 0 spiro atoms. The maximum absolute atomic E-state index is 6.48. The average molecular weight is 378 g/mol. The lowest BCUT2D eigenvalue weighted by atomic mass is 10.1. The van der Waals surface area contributed by atoms with Gasteiger partial charge in [-0.05, 0) is 26.0 Å². The summed E-state index contributed by atoms with van der Waals surface area (Å²) in [6, 6.07) is 20.9. The Morgan fingerprint density at radius 1 is 1.00 bits per heavy atom. The summed E-state index contributed by atoms with van der Waals surface area (Å²) >= 11 is 1.91. The second kappa shape index (κ2) is 8.05. The van der Waals surface area contributed by atoms with Gasteiger partial charge < -0.3 is 9.32 Å². The molecular formula is C23H25N2OS+. The third-order valence-corrected chi connectivity index (χ3v) is 5.97. The van der Waals surface area contributed by atoms with E-state index >= 15 is 0 Å². The van der Waals surface area contributed by atoms with Crippen molar-refractivity contribution in [3.63, 3.8) is 0 Å². The normalized spacial score (nSPS) is 15.6. The fourth-order valence-corrected chi connectivity index (χ4v) is 4.65. The highest BCUT2D eigenvalue weighted by Gasteiger charge is 2.30. The van der Waals surface area contributed by atoms with Crippen molar-refractivity contribution < 1.29 is 8.98 Å². The van der Waals surface area contributed by atoms with Crippen molar-refractivity contribution in [3.05, 3.63) is 71.6 Å². The summed E-state index contributed by atoms with van der Waals surface area (Å²) in [4.78, 5) is 2.41. The predicted octanol–water partition coefficient (Wildman–Crippen LogP) is 5.29. The van der Waals surface area contributed by atoms with E-state index in [1.807, 2.05) is 17.8 Å². The molecule has 0 bridgehead atoms. The maximum atomic E-state index is 6.48. The third-order valence-electron chi connectivity index (χ3n) is 4.91. The molecule has 1 aliphatic rings. The van der Waals surface area contributed by atoms with Gasteiger partial charge in [0.1, 0.15) is 6.54 Å². The van der Waals surface area contributed by atoms with Crippen LogP contribution in [0.5, 0.6) is 0 Å². The van der Waals surface area contributed by atoms with Gasteiger partial charge in [-0.1, -0.05) is 48.5 Å². The van der Waals surface area contributed by atoms with Crippen molar-refractivity contribution in [2.45, 2.75) is 20.4 Å². The second-order valence-electron chi connectivity index (χ2n) is 6.51. The van der Waals surface area contributed by atoms with E-state index in [2.05, 4.69) is 84.0 Å². The first-order chi connectivity index (χ1) is 13.3. The molecule has 4 rings (SSSR count). The summed E-state index contributed by atoms with van der Waals surface area (Å²) in [6.45, 7) is 7.38. The van der Waals surface area contributed by atoms with Crippen LogP contribution in [0.4, 0.5) is 0 Å². The standard InChI is InChI=1S/C23H25N2OS/c1-3-24-15-16-27-21(24)17-20-25(4-2)22(18-11-7-5-8-12-18)23(26-20)19-13-9-6-10-14-19/h5-14,17H,3-4,15-16H2,1-2H3/q+1. The summed E-state index contributed by atoms with van der Waals surface area (Å²) in [7, 11) is 0. The third kappa shape index (κ3) is 3.54.